The summed E-state index contributed by atoms with van der Waals surface area (Å²) in [6, 6.07) is 6.05. The predicted molar refractivity (Wildman–Crippen MR) is 92.8 cm³/mol. The molecule has 25 heavy (non-hydrogen) atoms. The summed E-state index contributed by atoms with van der Waals surface area (Å²) in [6.07, 6.45) is 6.18. The van der Waals surface area contributed by atoms with Crippen LogP contribution in [0.1, 0.15) is 25.1 Å². The summed E-state index contributed by atoms with van der Waals surface area (Å²) in [5.74, 6) is 1.82. The van der Waals surface area contributed by atoms with Gasteiger partial charge in [-0.05, 0) is 44.0 Å². The second kappa shape index (κ2) is 8.14. The Labute approximate surface area is 147 Å². The van der Waals surface area contributed by atoms with E-state index in [4.69, 9.17) is 4.74 Å². The van der Waals surface area contributed by atoms with Crippen LogP contribution in [-0.4, -0.2) is 40.1 Å². The number of piperidine rings is 1. The van der Waals surface area contributed by atoms with Crippen LogP contribution in [0.5, 0.6) is 5.75 Å². The van der Waals surface area contributed by atoms with Gasteiger partial charge in [0.1, 0.15) is 17.4 Å². The standard InChI is InChI=1S/C19H24FN3O2/c1-15-21-9-12-22(15)11-8-19(24)23-10-2-3-16(13-23)14-25-18-6-4-17(20)5-7-18/h4-7,9,12,16H,2-3,8,10-11,13-14H2,1H3/t16-/m1/s1. The summed E-state index contributed by atoms with van der Waals surface area (Å²) >= 11 is 0. The molecule has 0 aliphatic carbocycles. The fraction of sp³-hybridized carbons (Fsp3) is 0.474. The number of hydrogen-bond acceptors (Lipinski definition) is 3. The van der Waals surface area contributed by atoms with Crippen molar-refractivity contribution in [2.75, 3.05) is 19.7 Å². The van der Waals surface area contributed by atoms with Gasteiger partial charge < -0.3 is 14.2 Å². The van der Waals surface area contributed by atoms with E-state index in [-0.39, 0.29) is 11.7 Å². The molecule has 1 aliphatic rings. The van der Waals surface area contributed by atoms with E-state index < -0.39 is 0 Å². The quantitative estimate of drug-likeness (QED) is 0.808. The zero-order valence-corrected chi connectivity index (χ0v) is 14.5. The van der Waals surface area contributed by atoms with Crippen LogP contribution in [0.3, 0.4) is 0 Å². The normalized spacial score (nSPS) is 17.5. The number of amides is 1. The predicted octanol–water partition coefficient (Wildman–Crippen LogP) is 3.04. The third-order valence-corrected chi connectivity index (χ3v) is 4.66. The SMILES string of the molecule is Cc1nccn1CCC(=O)N1CCC[C@@H](COc2ccc(F)cc2)C1. The van der Waals surface area contributed by atoms with Crippen LogP contribution in [0.25, 0.3) is 0 Å². The lowest BCUT2D eigenvalue weighted by molar-refractivity contribution is -0.133. The van der Waals surface area contributed by atoms with Gasteiger partial charge in [0, 0.05) is 44.4 Å². The van der Waals surface area contributed by atoms with E-state index in [1.165, 1.54) is 12.1 Å². The van der Waals surface area contributed by atoms with Gasteiger partial charge in [-0.2, -0.15) is 0 Å². The molecule has 0 N–H and O–H groups in total. The number of aryl methyl sites for hydroxylation is 2. The number of nitrogens with zero attached hydrogens (tertiary/aromatic N) is 3. The van der Waals surface area contributed by atoms with Crippen LogP contribution in [0, 0.1) is 18.7 Å². The van der Waals surface area contributed by atoms with E-state index >= 15 is 0 Å². The van der Waals surface area contributed by atoms with Crippen molar-refractivity contribution >= 4 is 5.91 Å². The van der Waals surface area contributed by atoms with Crippen LogP contribution < -0.4 is 4.74 Å². The lowest BCUT2D eigenvalue weighted by atomic mass is 9.98. The molecule has 0 bridgehead atoms. The minimum atomic E-state index is -0.269. The molecule has 0 radical (unpaired) electrons. The van der Waals surface area contributed by atoms with Crippen LogP contribution >= 0.6 is 0 Å². The summed E-state index contributed by atoms with van der Waals surface area (Å²) in [6.45, 7) is 4.69. The molecule has 0 spiro atoms. The topological polar surface area (TPSA) is 47.4 Å². The highest BCUT2D eigenvalue weighted by atomic mass is 19.1. The maximum absolute atomic E-state index is 12.9. The highest BCUT2D eigenvalue weighted by Gasteiger charge is 2.24. The van der Waals surface area contributed by atoms with Gasteiger partial charge in [0.15, 0.2) is 0 Å². The monoisotopic (exact) mass is 345 g/mol. The van der Waals surface area contributed by atoms with Gasteiger partial charge in [-0.1, -0.05) is 0 Å². The van der Waals surface area contributed by atoms with Gasteiger partial charge in [0.05, 0.1) is 6.61 Å². The maximum Gasteiger partial charge on any atom is 0.224 e. The molecule has 3 rings (SSSR count). The van der Waals surface area contributed by atoms with Crippen LogP contribution in [-0.2, 0) is 11.3 Å². The summed E-state index contributed by atoms with van der Waals surface area (Å²) in [5.41, 5.74) is 0. The molecule has 1 fully saturated rings. The zero-order valence-electron chi connectivity index (χ0n) is 14.5. The zero-order chi connectivity index (χ0) is 17.6. The maximum atomic E-state index is 12.9. The molecule has 6 heteroatoms. The molecule has 1 atom stereocenters. The number of carbonyl (C=O) groups excluding carboxylic acids is 1. The van der Waals surface area contributed by atoms with E-state index in [1.807, 2.05) is 22.6 Å². The van der Waals surface area contributed by atoms with E-state index in [0.717, 1.165) is 31.8 Å². The molecule has 1 aromatic heterocycles. The smallest absolute Gasteiger partial charge is 0.224 e. The Hall–Kier alpha value is -2.37. The summed E-state index contributed by atoms with van der Waals surface area (Å²) < 4.78 is 20.7. The Balaban J connectivity index is 1.46. The third kappa shape index (κ3) is 4.81. The molecule has 1 aromatic carbocycles. The Morgan fingerprint density at radius 2 is 2.16 bits per heavy atom. The molecule has 134 valence electrons. The van der Waals surface area contributed by atoms with Crippen molar-refractivity contribution < 1.29 is 13.9 Å². The van der Waals surface area contributed by atoms with Gasteiger partial charge in [-0.25, -0.2) is 9.37 Å². The van der Waals surface area contributed by atoms with Crippen molar-refractivity contribution in [1.29, 1.82) is 0 Å². The Morgan fingerprint density at radius 1 is 1.36 bits per heavy atom. The van der Waals surface area contributed by atoms with Crippen LogP contribution in [0.2, 0.25) is 0 Å². The fourth-order valence-corrected chi connectivity index (χ4v) is 3.19. The van der Waals surface area contributed by atoms with Crippen molar-refractivity contribution in [1.82, 2.24) is 14.5 Å². The number of hydrogen-bond donors (Lipinski definition) is 0. The van der Waals surface area contributed by atoms with E-state index in [1.54, 1.807) is 18.3 Å². The second-order valence-corrected chi connectivity index (χ2v) is 6.53. The highest BCUT2D eigenvalue weighted by Crippen LogP contribution is 2.20. The molecule has 0 saturated carbocycles. The second-order valence-electron chi connectivity index (χ2n) is 6.53. The average molecular weight is 345 g/mol. The average Bonchev–Trinajstić information content (AvgIpc) is 3.04. The van der Waals surface area contributed by atoms with Crippen molar-refractivity contribution in [2.45, 2.75) is 32.7 Å². The van der Waals surface area contributed by atoms with Gasteiger partial charge in [-0.15, -0.1) is 0 Å². The number of rotatable bonds is 6. The molecule has 1 aliphatic heterocycles. The molecule has 1 amide bonds. The third-order valence-electron chi connectivity index (χ3n) is 4.66. The number of benzene rings is 1. The lowest BCUT2D eigenvalue weighted by Crippen LogP contribution is -2.41. The first-order valence-electron chi connectivity index (χ1n) is 8.75. The van der Waals surface area contributed by atoms with Crippen LogP contribution in [0.4, 0.5) is 4.39 Å². The minimum absolute atomic E-state index is 0.180. The number of ether oxygens (including phenoxy) is 1. The first-order valence-corrected chi connectivity index (χ1v) is 8.75. The van der Waals surface area contributed by atoms with Gasteiger partial charge in [0.2, 0.25) is 5.91 Å². The summed E-state index contributed by atoms with van der Waals surface area (Å²) in [5, 5.41) is 0. The van der Waals surface area contributed by atoms with E-state index in [0.29, 0.717) is 31.2 Å². The van der Waals surface area contributed by atoms with Crippen LogP contribution in [0.15, 0.2) is 36.7 Å². The lowest BCUT2D eigenvalue weighted by Gasteiger charge is -2.32. The first-order chi connectivity index (χ1) is 12.1. The van der Waals surface area contributed by atoms with Crippen molar-refractivity contribution in [2.24, 2.45) is 5.92 Å². The summed E-state index contributed by atoms with van der Waals surface area (Å²) in [7, 11) is 0. The number of likely N-dealkylation sites (tertiary alicyclic amines) is 1. The van der Waals surface area contributed by atoms with E-state index in [9.17, 15) is 9.18 Å². The van der Waals surface area contributed by atoms with Crippen molar-refractivity contribution in [3.63, 3.8) is 0 Å². The molecular formula is C19H24FN3O2. The van der Waals surface area contributed by atoms with Crippen molar-refractivity contribution in [3.8, 4) is 5.75 Å². The van der Waals surface area contributed by atoms with Gasteiger partial charge >= 0.3 is 0 Å². The molecule has 2 heterocycles. The fourth-order valence-electron chi connectivity index (χ4n) is 3.19. The Kier molecular flexibility index (Phi) is 5.68. The number of halogens is 1. The Bertz CT molecular complexity index is 699. The molecule has 5 nitrogen and oxygen atoms in total. The number of imidazole rings is 1. The van der Waals surface area contributed by atoms with E-state index in [2.05, 4.69) is 4.98 Å². The van der Waals surface area contributed by atoms with Gasteiger partial charge in [-0.3, -0.25) is 4.79 Å². The minimum Gasteiger partial charge on any atom is -0.493 e. The first kappa shape index (κ1) is 17.5. The molecule has 1 saturated heterocycles. The van der Waals surface area contributed by atoms with Crippen molar-refractivity contribution in [3.05, 3.63) is 48.3 Å². The Morgan fingerprint density at radius 3 is 2.88 bits per heavy atom. The highest BCUT2D eigenvalue weighted by molar-refractivity contribution is 5.76. The number of carbonyl (C=O) groups is 1. The molecule has 0 unspecified atom stereocenters. The summed E-state index contributed by atoms with van der Waals surface area (Å²) in [4.78, 5) is 18.6. The molecule has 2 aromatic rings. The van der Waals surface area contributed by atoms with Gasteiger partial charge in [0.25, 0.3) is 0 Å². The molecular weight excluding hydrogens is 321 g/mol. The largest absolute Gasteiger partial charge is 0.493 e. The number of aromatic nitrogens is 2.